The summed E-state index contributed by atoms with van der Waals surface area (Å²) in [6.07, 6.45) is 2.67. The van der Waals surface area contributed by atoms with Crippen LogP contribution in [0.4, 0.5) is 0 Å². The summed E-state index contributed by atoms with van der Waals surface area (Å²) in [5.74, 6) is -1.18. The number of hydrogen-bond donors (Lipinski definition) is 0. The number of ether oxygens (including phenoxy) is 3. The molecule has 23 heavy (non-hydrogen) atoms. The van der Waals surface area contributed by atoms with Crippen molar-refractivity contribution in [1.29, 1.82) is 0 Å². The minimum atomic E-state index is -1.35. The molecular weight excluding hydrogens is 296 g/mol. The Morgan fingerprint density at radius 3 is 2.09 bits per heavy atom. The Bertz CT molecular complexity index is 505. The van der Waals surface area contributed by atoms with Gasteiger partial charge in [-0.1, -0.05) is 56.3 Å². The van der Waals surface area contributed by atoms with Gasteiger partial charge in [0, 0.05) is 5.92 Å². The Kier molecular flexibility index (Phi) is 8.05. The highest BCUT2D eigenvalue weighted by Crippen LogP contribution is 2.16. The minimum Gasteiger partial charge on any atom is -0.467 e. The summed E-state index contributed by atoms with van der Waals surface area (Å²) in [4.78, 5) is 23.2. The third-order valence-electron chi connectivity index (χ3n) is 3.48. The predicted octanol–water partition coefficient (Wildman–Crippen LogP) is 2.70. The Morgan fingerprint density at radius 2 is 1.61 bits per heavy atom. The molecule has 0 aliphatic carbocycles. The Labute approximate surface area is 137 Å². The molecule has 126 valence electrons. The van der Waals surface area contributed by atoms with E-state index in [4.69, 9.17) is 4.74 Å². The third-order valence-corrected chi connectivity index (χ3v) is 3.48. The Morgan fingerprint density at radius 1 is 1.04 bits per heavy atom. The first-order chi connectivity index (χ1) is 11.0. The first-order valence-corrected chi connectivity index (χ1v) is 7.50. The summed E-state index contributed by atoms with van der Waals surface area (Å²) >= 11 is 0. The van der Waals surface area contributed by atoms with E-state index in [0.717, 1.165) is 5.56 Å². The molecule has 1 aromatic carbocycles. The average Bonchev–Trinajstić information content (AvgIpc) is 2.57. The number of carbonyl (C=O) groups excluding carboxylic acids is 2. The van der Waals surface area contributed by atoms with Crippen LogP contribution in [-0.2, 0) is 23.8 Å². The molecule has 0 aliphatic heterocycles. The lowest BCUT2D eigenvalue weighted by Crippen LogP contribution is -2.36. The van der Waals surface area contributed by atoms with Crippen LogP contribution in [0.5, 0.6) is 0 Å². The van der Waals surface area contributed by atoms with Crippen LogP contribution in [0.1, 0.15) is 19.4 Å². The maximum Gasteiger partial charge on any atom is 0.346 e. The van der Waals surface area contributed by atoms with E-state index in [1.807, 2.05) is 42.5 Å². The summed E-state index contributed by atoms with van der Waals surface area (Å²) in [6, 6.07) is 9.88. The highest BCUT2D eigenvalue weighted by molar-refractivity contribution is 5.97. The lowest BCUT2D eigenvalue weighted by molar-refractivity contribution is -0.171. The van der Waals surface area contributed by atoms with E-state index in [9.17, 15) is 9.59 Å². The molecule has 0 fully saturated rings. The molecule has 0 spiro atoms. The lowest BCUT2D eigenvalue weighted by atomic mass is 9.95. The van der Waals surface area contributed by atoms with Gasteiger partial charge in [-0.25, -0.2) is 9.59 Å². The zero-order valence-electron chi connectivity index (χ0n) is 14.0. The molecule has 5 nitrogen and oxygen atoms in total. The Balaban J connectivity index is 2.73. The van der Waals surface area contributed by atoms with Crippen molar-refractivity contribution >= 4 is 18.0 Å². The van der Waals surface area contributed by atoms with Crippen molar-refractivity contribution < 1.29 is 23.8 Å². The molecule has 0 N–H and O–H groups in total. The second kappa shape index (κ2) is 9.79. The van der Waals surface area contributed by atoms with E-state index < -0.39 is 18.0 Å². The quantitative estimate of drug-likeness (QED) is 0.544. The molecule has 0 bridgehead atoms. The van der Waals surface area contributed by atoms with Gasteiger partial charge in [-0.05, 0) is 11.5 Å². The van der Waals surface area contributed by atoms with Gasteiger partial charge in [0.05, 0.1) is 20.8 Å². The van der Waals surface area contributed by atoms with E-state index in [-0.39, 0.29) is 18.4 Å². The molecule has 1 aromatic rings. The maximum atomic E-state index is 11.6. The second-order valence-corrected chi connectivity index (χ2v) is 5.44. The van der Waals surface area contributed by atoms with Crippen molar-refractivity contribution in [2.24, 2.45) is 11.8 Å². The summed E-state index contributed by atoms with van der Waals surface area (Å²) in [7, 11) is 2.41. The normalized spacial score (nSPS) is 12.6. The van der Waals surface area contributed by atoms with Crippen LogP contribution in [0.15, 0.2) is 36.4 Å². The van der Waals surface area contributed by atoms with Gasteiger partial charge < -0.3 is 14.2 Å². The van der Waals surface area contributed by atoms with Gasteiger partial charge in [-0.2, -0.15) is 0 Å². The molecule has 0 saturated carbocycles. The molecule has 0 heterocycles. The van der Waals surface area contributed by atoms with Crippen LogP contribution in [0, 0.1) is 11.8 Å². The first kappa shape index (κ1) is 18.9. The van der Waals surface area contributed by atoms with Gasteiger partial charge in [0.15, 0.2) is 0 Å². The Hall–Kier alpha value is -2.14. The summed E-state index contributed by atoms with van der Waals surface area (Å²) in [5, 5.41) is 0. The zero-order chi connectivity index (χ0) is 17.2. The standard InChI is InChI=1S/C18H24O5/c1-13(2)15(11-10-14-8-6-5-7-9-14)12-23-16(17(19)21-3)18(20)22-4/h5-11,13,15-16H,12H2,1-4H3/b11-10+. The molecule has 1 rings (SSSR count). The fourth-order valence-electron chi connectivity index (χ4n) is 1.92. The van der Waals surface area contributed by atoms with E-state index in [1.165, 1.54) is 14.2 Å². The van der Waals surface area contributed by atoms with Crippen LogP contribution in [0.25, 0.3) is 6.08 Å². The highest BCUT2D eigenvalue weighted by atomic mass is 16.6. The van der Waals surface area contributed by atoms with Crippen LogP contribution in [0.2, 0.25) is 0 Å². The molecule has 1 atom stereocenters. The molecule has 5 heteroatoms. The topological polar surface area (TPSA) is 61.8 Å². The number of esters is 2. The minimum absolute atomic E-state index is 0.0482. The van der Waals surface area contributed by atoms with E-state index >= 15 is 0 Å². The SMILES string of the molecule is COC(=O)C(OCC(/C=C/c1ccccc1)C(C)C)C(=O)OC. The van der Waals surface area contributed by atoms with Crippen LogP contribution >= 0.6 is 0 Å². The van der Waals surface area contributed by atoms with Crippen molar-refractivity contribution in [3.05, 3.63) is 42.0 Å². The van der Waals surface area contributed by atoms with Gasteiger partial charge in [0.2, 0.25) is 0 Å². The molecule has 0 aliphatic rings. The third kappa shape index (κ3) is 6.24. The van der Waals surface area contributed by atoms with Gasteiger partial charge in [0.25, 0.3) is 6.10 Å². The van der Waals surface area contributed by atoms with E-state index in [0.29, 0.717) is 0 Å². The van der Waals surface area contributed by atoms with Crippen molar-refractivity contribution in [2.45, 2.75) is 20.0 Å². The molecule has 0 saturated heterocycles. The number of rotatable bonds is 8. The monoisotopic (exact) mass is 320 g/mol. The smallest absolute Gasteiger partial charge is 0.346 e. The van der Waals surface area contributed by atoms with Crippen LogP contribution in [-0.4, -0.2) is 38.9 Å². The number of methoxy groups -OCH3 is 2. The molecule has 0 aromatic heterocycles. The zero-order valence-corrected chi connectivity index (χ0v) is 14.0. The second-order valence-electron chi connectivity index (χ2n) is 5.44. The van der Waals surface area contributed by atoms with E-state index in [2.05, 4.69) is 23.3 Å². The van der Waals surface area contributed by atoms with Crippen molar-refractivity contribution in [3.63, 3.8) is 0 Å². The van der Waals surface area contributed by atoms with Crippen LogP contribution < -0.4 is 0 Å². The summed E-state index contributed by atoms with van der Waals surface area (Å²) < 4.78 is 14.6. The van der Waals surface area contributed by atoms with Gasteiger partial charge in [-0.3, -0.25) is 0 Å². The largest absolute Gasteiger partial charge is 0.467 e. The highest BCUT2D eigenvalue weighted by Gasteiger charge is 2.30. The number of hydrogen-bond acceptors (Lipinski definition) is 5. The first-order valence-electron chi connectivity index (χ1n) is 7.50. The van der Waals surface area contributed by atoms with Crippen molar-refractivity contribution in [3.8, 4) is 0 Å². The summed E-state index contributed by atoms with van der Waals surface area (Å²) in [6.45, 7) is 4.32. The van der Waals surface area contributed by atoms with Gasteiger partial charge in [0.1, 0.15) is 0 Å². The molecular formula is C18H24O5. The molecule has 0 radical (unpaired) electrons. The fraction of sp³-hybridized carbons (Fsp3) is 0.444. The number of carbonyl (C=O) groups is 2. The summed E-state index contributed by atoms with van der Waals surface area (Å²) in [5.41, 5.74) is 1.08. The maximum absolute atomic E-state index is 11.6. The fourth-order valence-corrected chi connectivity index (χ4v) is 1.92. The lowest BCUT2D eigenvalue weighted by Gasteiger charge is -2.20. The van der Waals surface area contributed by atoms with Crippen LogP contribution in [0.3, 0.4) is 0 Å². The molecule has 1 unspecified atom stereocenters. The molecule has 0 amide bonds. The van der Waals surface area contributed by atoms with Crippen molar-refractivity contribution in [2.75, 3.05) is 20.8 Å². The predicted molar refractivity (Wildman–Crippen MR) is 87.6 cm³/mol. The van der Waals surface area contributed by atoms with Crippen molar-refractivity contribution in [1.82, 2.24) is 0 Å². The average molecular weight is 320 g/mol. The number of benzene rings is 1. The van der Waals surface area contributed by atoms with E-state index in [1.54, 1.807) is 0 Å². The van der Waals surface area contributed by atoms with Gasteiger partial charge >= 0.3 is 11.9 Å². The van der Waals surface area contributed by atoms with Gasteiger partial charge in [-0.15, -0.1) is 0 Å².